The van der Waals surface area contributed by atoms with Crippen LogP contribution in [0.25, 0.3) is 0 Å². The smallest absolute Gasteiger partial charge is 0.237 e. The van der Waals surface area contributed by atoms with Gasteiger partial charge in [0, 0.05) is 13.2 Å². The summed E-state index contributed by atoms with van der Waals surface area (Å²) in [6.07, 6.45) is 6.91. The highest BCUT2D eigenvalue weighted by molar-refractivity contribution is 5.82. The van der Waals surface area contributed by atoms with Gasteiger partial charge in [0.25, 0.3) is 0 Å². The Kier molecular flexibility index (Phi) is 3.32. The van der Waals surface area contributed by atoms with E-state index in [9.17, 15) is 4.79 Å². The third kappa shape index (κ3) is 2.28. The van der Waals surface area contributed by atoms with E-state index in [2.05, 4.69) is 10.6 Å². The highest BCUT2D eigenvalue weighted by Gasteiger charge is 2.45. The maximum absolute atomic E-state index is 12.2. The van der Waals surface area contributed by atoms with Gasteiger partial charge in [0.15, 0.2) is 0 Å². The van der Waals surface area contributed by atoms with Crippen molar-refractivity contribution in [2.75, 3.05) is 19.7 Å². The normalized spacial score (nSPS) is 36.4. The standard InChI is InChI=1S/C14H24N2O2/c17-7-6-14(4-5-14)9-16-13(18)12-11-3-1-2-10(11)8-15-12/h10-12,15,17H,1-9H2,(H,16,18). The van der Waals surface area contributed by atoms with Crippen molar-refractivity contribution in [1.29, 1.82) is 0 Å². The van der Waals surface area contributed by atoms with Crippen LogP contribution in [0.5, 0.6) is 0 Å². The molecular weight excluding hydrogens is 228 g/mol. The molecule has 0 radical (unpaired) electrons. The number of rotatable bonds is 5. The first kappa shape index (κ1) is 12.4. The van der Waals surface area contributed by atoms with Crippen LogP contribution in [0.2, 0.25) is 0 Å². The van der Waals surface area contributed by atoms with Gasteiger partial charge in [-0.3, -0.25) is 4.79 Å². The first-order valence-electron chi connectivity index (χ1n) is 7.36. The molecule has 0 aromatic carbocycles. The molecule has 1 heterocycles. The van der Waals surface area contributed by atoms with Gasteiger partial charge in [-0.2, -0.15) is 0 Å². The molecule has 4 nitrogen and oxygen atoms in total. The summed E-state index contributed by atoms with van der Waals surface area (Å²) >= 11 is 0. The molecule has 3 N–H and O–H groups in total. The average molecular weight is 252 g/mol. The van der Waals surface area contributed by atoms with E-state index in [0.717, 1.165) is 38.3 Å². The lowest BCUT2D eigenvalue weighted by atomic mass is 9.93. The second-order valence-corrected chi connectivity index (χ2v) is 6.43. The molecule has 3 atom stereocenters. The first-order chi connectivity index (χ1) is 8.74. The average Bonchev–Trinajstić information content (AvgIpc) is 2.80. The minimum absolute atomic E-state index is 0.0439. The van der Waals surface area contributed by atoms with Gasteiger partial charge in [-0.15, -0.1) is 0 Å². The molecule has 0 spiro atoms. The van der Waals surface area contributed by atoms with E-state index in [4.69, 9.17) is 5.11 Å². The summed E-state index contributed by atoms with van der Waals surface area (Å²) in [6, 6.07) is 0.0439. The molecule has 0 aromatic heterocycles. The fourth-order valence-electron chi connectivity index (χ4n) is 3.79. The van der Waals surface area contributed by atoms with Gasteiger partial charge in [-0.1, -0.05) is 6.42 Å². The number of amides is 1. The van der Waals surface area contributed by atoms with Crippen molar-refractivity contribution in [3.63, 3.8) is 0 Å². The van der Waals surface area contributed by atoms with Gasteiger partial charge in [-0.05, 0) is 55.9 Å². The van der Waals surface area contributed by atoms with E-state index in [1.807, 2.05) is 0 Å². The Labute approximate surface area is 109 Å². The maximum atomic E-state index is 12.2. The molecule has 3 unspecified atom stereocenters. The summed E-state index contributed by atoms with van der Waals surface area (Å²) in [7, 11) is 0. The molecule has 3 rings (SSSR count). The van der Waals surface area contributed by atoms with Crippen LogP contribution in [-0.2, 0) is 4.79 Å². The molecule has 3 fully saturated rings. The Bertz CT molecular complexity index is 328. The van der Waals surface area contributed by atoms with Crippen LogP contribution in [0, 0.1) is 17.3 Å². The monoisotopic (exact) mass is 252 g/mol. The number of carbonyl (C=O) groups excluding carboxylic acids is 1. The van der Waals surface area contributed by atoms with Crippen molar-refractivity contribution >= 4 is 5.91 Å². The number of carbonyl (C=O) groups is 1. The van der Waals surface area contributed by atoms with Gasteiger partial charge in [0.05, 0.1) is 6.04 Å². The second kappa shape index (κ2) is 4.82. The molecule has 0 bridgehead atoms. The lowest BCUT2D eigenvalue weighted by Crippen LogP contribution is -2.45. The lowest BCUT2D eigenvalue weighted by Gasteiger charge is -2.20. The molecule has 1 saturated heterocycles. The molecule has 2 aliphatic carbocycles. The van der Waals surface area contributed by atoms with E-state index in [1.54, 1.807) is 0 Å². The van der Waals surface area contributed by atoms with Crippen molar-refractivity contribution in [2.45, 2.75) is 44.6 Å². The lowest BCUT2D eigenvalue weighted by molar-refractivity contribution is -0.124. The number of aliphatic hydroxyl groups is 1. The molecule has 2 saturated carbocycles. The van der Waals surface area contributed by atoms with Gasteiger partial charge in [0.2, 0.25) is 5.91 Å². The number of nitrogens with one attached hydrogen (secondary N) is 2. The maximum Gasteiger partial charge on any atom is 0.237 e. The van der Waals surface area contributed by atoms with E-state index in [0.29, 0.717) is 5.92 Å². The Morgan fingerprint density at radius 2 is 2.22 bits per heavy atom. The zero-order valence-corrected chi connectivity index (χ0v) is 11.0. The molecular formula is C14H24N2O2. The Balaban J connectivity index is 1.50. The quantitative estimate of drug-likeness (QED) is 0.673. The van der Waals surface area contributed by atoms with Gasteiger partial charge in [0.1, 0.15) is 0 Å². The van der Waals surface area contributed by atoms with Crippen molar-refractivity contribution in [2.24, 2.45) is 17.3 Å². The molecule has 1 aliphatic heterocycles. The van der Waals surface area contributed by atoms with Crippen LogP contribution in [0.1, 0.15) is 38.5 Å². The van der Waals surface area contributed by atoms with Crippen molar-refractivity contribution in [1.82, 2.24) is 10.6 Å². The van der Waals surface area contributed by atoms with Crippen LogP contribution in [-0.4, -0.2) is 36.8 Å². The van der Waals surface area contributed by atoms with E-state index in [1.165, 1.54) is 19.3 Å². The third-order valence-electron chi connectivity index (χ3n) is 5.27. The minimum atomic E-state index is 0.0439. The first-order valence-corrected chi connectivity index (χ1v) is 7.36. The Morgan fingerprint density at radius 3 is 2.94 bits per heavy atom. The fourth-order valence-corrected chi connectivity index (χ4v) is 3.79. The van der Waals surface area contributed by atoms with Crippen molar-refractivity contribution < 1.29 is 9.90 Å². The summed E-state index contributed by atoms with van der Waals surface area (Å²) in [4.78, 5) is 12.2. The van der Waals surface area contributed by atoms with Crippen LogP contribution in [0.3, 0.4) is 0 Å². The van der Waals surface area contributed by atoms with Gasteiger partial charge >= 0.3 is 0 Å². The summed E-state index contributed by atoms with van der Waals surface area (Å²) in [5.74, 6) is 1.49. The highest BCUT2D eigenvalue weighted by atomic mass is 16.3. The van der Waals surface area contributed by atoms with Crippen molar-refractivity contribution in [3.05, 3.63) is 0 Å². The molecule has 18 heavy (non-hydrogen) atoms. The van der Waals surface area contributed by atoms with Crippen LogP contribution >= 0.6 is 0 Å². The fraction of sp³-hybridized carbons (Fsp3) is 0.929. The Morgan fingerprint density at radius 1 is 1.39 bits per heavy atom. The van der Waals surface area contributed by atoms with Gasteiger partial charge < -0.3 is 15.7 Å². The molecule has 4 heteroatoms. The van der Waals surface area contributed by atoms with Crippen molar-refractivity contribution in [3.8, 4) is 0 Å². The topological polar surface area (TPSA) is 61.4 Å². The number of hydrogen-bond acceptors (Lipinski definition) is 3. The summed E-state index contributed by atoms with van der Waals surface area (Å²) < 4.78 is 0. The zero-order chi connectivity index (χ0) is 12.6. The molecule has 102 valence electrons. The van der Waals surface area contributed by atoms with Crippen LogP contribution < -0.4 is 10.6 Å². The second-order valence-electron chi connectivity index (χ2n) is 6.43. The van der Waals surface area contributed by atoms with Crippen LogP contribution in [0.4, 0.5) is 0 Å². The van der Waals surface area contributed by atoms with Crippen LogP contribution in [0.15, 0.2) is 0 Å². The molecule has 3 aliphatic rings. The predicted molar refractivity (Wildman–Crippen MR) is 69.0 cm³/mol. The molecule has 0 aromatic rings. The van der Waals surface area contributed by atoms with Gasteiger partial charge in [-0.25, -0.2) is 0 Å². The SMILES string of the molecule is O=C(NCC1(CCO)CC1)C1NCC2CCCC21. The summed E-state index contributed by atoms with van der Waals surface area (Å²) in [5.41, 5.74) is 0.220. The van der Waals surface area contributed by atoms with E-state index >= 15 is 0 Å². The number of fused-ring (bicyclic) bond motifs is 1. The number of hydrogen-bond donors (Lipinski definition) is 3. The largest absolute Gasteiger partial charge is 0.396 e. The molecule has 1 amide bonds. The number of aliphatic hydroxyl groups excluding tert-OH is 1. The predicted octanol–water partition coefficient (Wildman–Crippen LogP) is 0.653. The summed E-state index contributed by atoms with van der Waals surface area (Å²) in [5, 5.41) is 15.5. The Hall–Kier alpha value is -0.610. The zero-order valence-electron chi connectivity index (χ0n) is 11.0. The van der Waals surface area contributed by atoms with E-state index < -0.39 is 0 Å². The summed E-state index contributed by atoms with van der Waals surface area (Å²) in [6.45, 7) is 2.01. The van der Waals surface area contributed by atoms with E-state index in [-0.39, 0.29) is 24.0 Å². The third-order valence-corrected chi connectivity index (χ3v) is 5.27. The highest BCUT2D eigenvalue weighted by Crippen LogP contribution is 2.48. The minimum Gasteiger partial charge on any atom is -0.396 e.